The van der Waals surface area contributed by atoms with Gasteiger partial charge in [0.2, 0.25) is 0 Å². The van der Waals surface area contributed by atoms with Crippen molar-refractivity contribution in [2.24, 2.45) is 5.73 Å². The van der Waals surface area contributed by atoms with E-state index in [0.717, 1.165) is 18.7 Å². The number of nitrogens with zero attached hydrogens (tertiary/aromatic N) is 16. The van der Waals surface area contributed by atoms with Gasteiger partial charge < -0.3 is 107 Å². The Hall–Kier alpha value is -14.5. The Morgan fingerprint density at radius 3 is 1.22 bits per heavy atom. The number of anilines is 3. The van der Waals surface area contributed by atoms with Gasteiger partial charge in [0.1, 0.15) is 91.0 Å². The second-order valence-electron chi connectivity index (χ2n) is 31.6. The Labute approximate surface area is 744 Å². The van der Waals surface area contributed by atoms with E-state index in [1.165, 1.54) is 44.8 Å². The van der Waals surface area contributed by atoms with Gasteiger partial charge in [-0.3, -0.25) is 49.1 Å². The van der Waals surface area contributed by atoms with Crippen LogP contribution in [0.2, 0.25) is 0 Å². The number of carbonyl (C=O) groups is 5. The van der Waals surface area contributed by atoms with E-state index in [-0.39, 0.29) is 101 Å². The van der Waals surface area contributed by atoms with E-state index in [1.54, 1.807) is 86.2 Å². The lowest BCUT2D eigenvalue weighted by Gasteiger charge is -2.26. The molecule has 132 heavy (non-hydrogen) atoms. The third kappa shape index (κ3) is 25.5. The number of imidazole rings is 3. The summed E-state index contributed by atoms with van der Waals surface area (Å²) in [6, 6.07) is 4.67. The number of nitrogen functional groups attached to an aromatic ring is 1. The number of ether oxygens (including phenoxy) is 9. The summed E-state index contributed by atoms with van der Waals surface area (Å²) in [5.41, 5.74) is 4.17. The van der Waals surface area contributed by atoms with Gasteiger partial charge in [-0.15, -0.1) is 19.3 Å². The van der Waals surface area contributed by atoms with Gasteiger partial charge in [-0.05, 0) is 95.6 Å². The van der Waals surface area contributed by atoms with Gasteiger partial charge in [-0.25, -0.2) is 53.3 Å². The van der Waals surface area contributed by atoms with Crippen molar-refractivity contribution in [1.82, 2.24) is 83.9 Å². The van der Waals surface area contributed by atoms with E-state index in [4.69, 9.17) is 99.9 Å². The molecule has 9 aromatic heterocycles. The lowest BCUT2D eigenvalue weighted by atomic mass is 9.99. The minimum absolute atomic E-state index is 0.000512. The quantitative estimate of drug-likeness (QED) is 0.00645. The Morgan fingerprint density at radius 2 is 0.886 bits per heavy atom. The largest absolute Gasteiger partial charge is 0.519 e. The third-order valence-electron chi connectivity index (χ3n) is 19.3. The van der Waals surface area contributed by atoms with Gasteiger partial charge in [0.05, 0.1) is 43.5 Å². The van der Waals surface area contributed by atoms with Crippen molar-refractivity contribution in [3.8, 4) is 42.8 Å². The predicted octanol–water partition coefficient (Wildman–Crippen LogP) is 4.61. The number of likely N-dealkylation sites (N-methyl/N-ethyl adjacent to an activating group) is 3. The summed E-state index contributed by atoms with van der Waals surface area (Å²) in [7, 11) is 5.42. The highest BCUT2D eigenvalue weighted by atomic mass is 19.1. The molecule has 0 unspecified atom stereocenters. The Balaban J connectivity index is 0.000000192. The van der Waals surface area contributed by atoms with E-state index >= 15 is 0 Å². The van der Waals surface area contributed by atoms with Gasteiger partial charge in [-0.1, -0.05) is 17.8 Å². The van der Waals surface area contributed by atoms with Crippen LogP contribution in [-0.2, 0) is 57.5 Å². The summed E-state index contributed by atoms with van der Waals surface area (Å²) in [5.74, 6) is 6.77. The molecular formula is C79H93F3N22O28. The van der Waals surface area contributed by atoms with Gasteiger partial charge in [-0.2, -0.15) is 43.1 Å². The highest BCUT2D eigenvalue weighted by molar-refractivity contribution is 5.94. The van der Waals surface area contributed by atoms with Crippen LogP contribution in [0.15, 0.2) is 84.1 Å². The summed E-state index contributed by atoms with van der Waals surface area (Å²) < 4.78 is 124. The van der Waals surface area contributed by atoms with Gasteiger partial charge >= 0.3 is 66.2 Å². The molecular weight excluding hydrogens is 1760 g/mol. The number of amides is 4. The normalized spacial score (nSPS) is 19.8. The number of nitrogens with one attached hydrogen (secondary N) is 4. The highest BCUT2D eigenvalue weighted by Gasteiger charge is 2.52. The van der Waals surface area contributed by atoms with Crippen LogP contribution in [0.1, 0.15) is 114 Å². The number of fused-ring (bicyclic) bond motifs is 3. The van der Waals surface area contributed by atoms with Crippen LogP contribution in [0.4, 0.5) is 60.3 Å². The number of terminal acetylenes is 3. The van der Waals surface area contributed by atoms with Crippen molar-refractivity contribution in [2.45, 2.75) is 166 Å². The first-order valence-corrected chi connectivity index (χ1v) is 39.7. The number of aliphatic hydroxyl groups excluding tert-OH is 3. The molecule has 12 heterocycles. The molecule has 9 atom stereocenters. The van der Waals surface area contributed by atoms with Gasteiger partial charge in [0.25, 0.3) is 5.69 Å². The molecule has 53 heteroatoms. The first kappa shape index (κ1) is 99.7. The summed E-state index contributed by atoms with van der Waals surface area (Å²) in [5, 5.41) is 52.7. The zero-order valence-corrected chi connectivity index (χ0v) is 72.8. The number of nitrogens with two attached hydrogens (primary N) is 2. The third-order valence-corrected chi connectivity index (χ3v) is 19.3. The molecule has 50 nitrogen and oxygen atoms in total. The van der Waals surface area contributed by atoms with E-state index in [9.17, 15) is 77.0 Å². The number of carbonyl (C=O) groups excluding carboxylic acids is 5. The molecule has 0 spiro atoms. The molecule has 10 aromatic rings. The number of non-ortho nitro benzene ring substituents is 1. The van der Waals surface area contributed by atoms with Crippen molar-refractivity contribution >= 4 is 87.2 Å². The summed E-state index contributed by atoms with van der Waals surface area (Å²) in [6.07, 6.45) is 5.89. The van der Waals surface area contributed by atoms with Gasteiger partial charge in [0, 0.05) is 70.7 Å². The molecule has 3 aliphatic heterocycles. The lowest BCUT2D eigenvalue weighted by molar-refractivity contribution is -0.384. The molecule has 3 aliphatic rings. The zero-order valence-electron chi connectivity index (χ0n) is 72.8. The minimum Gasteiger partial charge on any atom is -0.445 e. The molecule has 3 fully saturated rings. The Bertz CT molecular complexity index is 6130. The molecule has 13 rings (SSSR count). The smallest absolute Gasteiger partial charge is 0.445 e. The number of nitro groups is 1. The summed E-state index contributed by atoms with van der Waals surface area (Å²) >= 11 is 0. The van der Waals surface area contributed by atoms with Crippen molar-refractivity contribution in [1.29, 1.82) is 0 Å². The average molecular weight is 1860 g/mol. The van der Waals surface area contributed by atoms with Crippen molar-refractivity contribution < 1.29 is 127 Å². The average Bonchev–Trinajstić information content (AvgIpc) is 1.62. The topological polar surface area (TPSA) is 643 Å². The van der Waals surface area contributed by atoms with Crippen LogP contribution >= 0.6 is 0 Å². The maximum Gasteiger partial charge on any atom is 0.519 e. The van der Waals surface area contributed by atoms with Crippen LogP contribution in [0, 0.1) is 86.2 Å². The first-order valence-electron chi connectivity index (χ1n) is 39.7. The molecule has 0 saturated carbocycles. The summed E-state index contributed by atoms with van der Waals surface area (Å²) in [4.78, 5) is 144. The molecule has 0 bridgehead atoms. The second kappa shape index (κ2) is 42.4. The lowest BCUT2D eigenvalue weighted by Crippen LogP contribution is -2.44. The van der Waals surface area contributed by atoms with Crippen LogP contribution in [0.25, 0.3) is 33.5 Å². The standard InChI is InChI=1S/C26H32FN7O9.C24H23FN6O9.C21H24FN7O7.C8H14N2O3/c1-7-26(12-39-22(36)28-8-9-33(6)11-15-14(2)40-24(38)41-15)16(35)10-17(42-26)34-13-29-18-19(30-21(27)32-20(18)34)31-23(37)43-25(3,4)5;1-5-24(11-37-22(34)38-14-8-6-13(7-9-14)31(35)36)15(32)10-16(39-24)30-12-26-17-18(27-20(25)29-19(17)30)28-21(33)40-23(2,3)4;1-4-21(9-33-19(31)24-5-6-28(3)8-12-11(2)34-20(32)35-12)13(30)7-14(36-21)29-10-25-15-16(23)26-18(22)27-17(15)29;1-6-7(13-8(11)12-6)5-10(2)4-3-9/h1,13,16-17,35H,8-12H2,2-6H3,(H,28,36)(H,30,31,32,37);1,6-9,12,15-16,32H,10-11H2,2-4H3,(H,27,28,29,33);1,10,13-14,30H,5-9H2,2-3H3,(H,24,31)(H2,23,26,27);3-5,9H2,1-2H3/t16-,17+,26+;15-,16+,24+;13-,14+,21+;/m000./s1. The Kier molecular flexibility index (Phi) is 32.0. The van der Waals surface area contributed by atoms with E-state index in [1.807, 2.05) is 11.9 Å². The molecule has 4 amide bonds. The summed E-state index contributed by atoms with van der Waals surface area (Å²) in [6.45, 7) is 16.9. The zero-order chi connectivity index (χ0) is 96.6. The first-order chi connectivity index (χ1) is 62.2. The monoisotopic (exact) mass is 1850 g/mol. The van der Waals surface area contributed by atoms with Crippen LogP contribution in [0.5, 0.6) is 5.75 Å². The SMILES string of the molecule is C#C[C@]1(COC(=O)NCCN(C)Cc2oc(=O)oc2C)O[C@@H](n2cnc3c(N)nc(F)nc32)C[C@@H]1O.C#C[C@]1(COC(=O)NCCN(C)Cc2oc(=O)oc2C)O[C@@H](n2cnc3c(NC(=O)OC(C)(C)C)nc(F)nc32)C[C@@H]1O.C#C[C@]1(COC(=O)Oc2ccc([N+](=O)[O-])cc2)O[C@@H](n2cnc3c(NC(=O)OC(C)(C)C)nc(F)nc32)C[C@@H]1O.Cc1oc(=O)oc1CN(C)CCN. The minimum atomic E-state index is -1.82. The number of aromatic nitrogens is 12. The number of benzene rings is 1. The number of hydrogen-bond acceptors (Lipinski definition) is 42. The number of nitro benzene ring substituents is 1. The van der Waals surface area contributed by atoms with Crippen LogP contribution in [-0.4, -0.2) is 251 Å². The Morgan fingerprint density at radius 1 is 0.545 bits per heavy atom. The number of alkyl carbamates (subject to hydrolysis) is 2. The molecule has 1 aromatic carbocycles. The molecule has 0 radical (unpaired) electrons. The van der Waals surface area contributed by atoms with Crippen LogP contribution < -0.4 is 54.9 Å². The fourth-order valence-corrected chi connectivity index (χ4v) is 12.8. The number of aryl methyl sites for hydroxylation is 3. The van der Waals surface area contributed by atoms with E-state index in [2.05, 4.69) is 83.9 Å². The number of aliphatic hydroxyl groups is 3. The van der Waals surface area contributed by atoms with Gasteiger partial charge in [0.15, 0.2) is 85.0 Å². The second-order valence-corrected chi connectivity index (χ2v) is 31.6. The van der Waals surface area contributed by atoms with Crippen molar-refractivity contribution in [2.75, 3.05) is 96.6 Å². The molecule has 708 valence electrons. The highest BCUT2D eigenvalue weighted by Crippen LogP contribution is 2.42. The van der Waals surface area contributed by atoms with Crippen molar-refractivity contribution in [3.05, 3.63) is 138 Å². The van der Waals surface area contributed by atoms with E-state index < -0.39 is 156 Å². The molecule has 0 aliphatic carbocycles. The number of halogens is 3. The maximum atomic E-state index is 14.3. The molecule has 11 N–H and O–H groups in total. The fraction of sp³-hybridized carbons (Fsp3) is 0.481. The van der Waals surface area contributed by atoms with E-state index in [0.29, 0.717) is 67.3 Å². The van der Waals surface area contributed by atoms with Crippen molar-refractivity contribution in [3.63, 3.8) is 0 Å². The number of rotatable bonds is 27. The maximum absolute atomic E-state index is 14.3. The van der Waals surface area contributed by atoms with Crippen LogP contribution in [0.3, 0.4) is 0 Å². The molecule has 3 saturated heterocycles. The number of hydrogen-bond donors (Lipinski definition) is 9. The predicted molar refractivity (Wildman–Crippen MR) is 445 cm³/mol. The fourth-order valence-electron chi connectivity index (χ4n) is 12.8.